The molecule has 0 aliphatic rings. The van der Waals surface area contributed by atoms with Gasteiger partial charge in [-0.25, -0.2) is 0 Å². The molecule has 24 N–H and O–H groups in total. The van der Waals surface area contributed by atoms with E-state index < -0.39 is 72.4 Å². The second-order valence-corrected chi connectivity index (χ2v) is 17.4. The summed E-state index contributed by atoms with van der Waals surface area (Å²) < 4.78 is 12.9. The average Bonchev–Trinajstić information content (AvgIpc) is 2.19. The maximum absolute atomic E-state index is 7.94. The van der Waals surface area contributed by atoms with Gasteiger partial charge in [-0.1, -0.05) is 0 Å². The van der Waals surface area contributed by atoms with Gasteiger partial charge in [0.15, 0.2) is 0 Å². The van der Waals surface area contributed by atoms with Gasteiger partial charge in [-0.15, -0.1) is 0 Å². The highest BCUT2D eigenvalue weighted by atomic mass is 28.5. The third-order valence-electron chi connectivity index (χ3n) is 1.10. The van der Waals surface area contributed by atoms with Crippen LogP contribution in [0.5, 0.6) is 0 Å². The molecule has 0 aliphatic heterocycles. The van der Waals surface area contributed by atoms with Crippen LogP contribution in [0.2, 0.25) is 0 Å². The highest BCUT2D eigenvalue weighted by Gasteiger charge is 2.48. The Hall–Kier alpha value is 1.92. The van der Waals surface area contributed by atoms with Crippen molar-refractivity contribution in [1.82, 2.24) is 0 Å². The average molecular weight is 890 g/mol. The molecule has 42 heavy (non-hydrogen) atoms. The van der Waals surface area contributed by atoms with E-state index in [2.05, 4.69) is 16.5 Å². The Morgan fingerprint density at radius 3 is 0.214 bits per heavy atom. The topological polar surface area (TPSA) is 522 Å². The minimum Gasteiger partial charge on any atom is -0.368 e. The Kier molecular flexibility index (Phi) is 43.4. The molecule has 272 valence electrons. The maximum atomic E-state index is 7.94. The summed E-state index contributed by atoms with van der Waals surface area (Å²) in [4.78, 5) is 190. The van der Waals surface area contributed by atoms with Crippen LogP contribution in [0.1, 0.15) is 0 Å². The van der Waals surface area contributed by atoms with Crippen molar-refractivity contribution in [2.75, 3.05) is 0 Å². The van der Waals surface area contributed by atoms with Crippen LogP contribution in [0.15, 0.2) is 0 Å². The van der Waals surface area contributed by atoms with E-state index in [4.69, 9.17) is 115 Å². The lowest BCUT2D eigenvalue weighted by atomic mass is 15.6. The smallest absolute Gasteiger partial charge is 0.368 e. The largest absolute Gasteiger partial charge is 0.665 e. The van der Waals surface area contributed by atoms with Crippen LogP contribution in [-0.2, 0) is 16.5 Å². The van der Waals surface area contributed by atoms with Crippen molar-refractivity contribution in [3.8, 4) is 0 Å². The SMILES string of the molecule is O[Si](O)(O)O[Si](O)(O)O.O[Si](O)(O)O[Si](O)(O)O.O[Si](O)(O)O[Si](O)(O)O.O[Si](O)(O)O[Si](O)(O)O.[SiH4].[SiH4].[SiH4].[SiH4].[SiH4].[SiH4]. The number of hydrogen-bond acceptors (Lipinski definition) is 28. The second-order valence-electron chi connectivity index (χ2n) is 5.00. The molecule has 0 fully saturated rings. The molecule has 0 amide bonds. The first-order valence-corrected chi connectivity index (χ1v) is 21.0. The summed E-state index contributed by atoms with van der Waals surface area (Å²) in [6.45, 7) is 0. The van der Waals surface area contributed by atoms with E-state index in [1.807, 2.05) is 0 Å². The molecular weight excluding hydrogens is 841 g/mol. The predicted molar refractivity (Wildman–Crippen MR) is 172 cm³/mol. The third-order valence-corrected chi connectivity index (χ3v) is 9.86. The fourth-order valence-corrected chi connectivity index (χ4v) is 6.61. The minimum absolute atomic E-state index is 0. The maximum Gasteiger partial charge on any atom is 0.665 e. The lowest BCUT2D eigenvalue weighted by Gasteiger charge is -2.14. The second kappa shape index (κ2) is 25.9. The molecule has 0 aromatic carbocycles. The van der Waals surface area contributed by atoms with Crippen molar-refractivity contribution in [2.45, 2.75) is 0 Å². The van der Waals surface area contributed by atoms with Gasteiger partial charge < -0.3 is 132 Å². The lowest BCUT2D eigenvalue weighted by Crippen LogP contribution is -2.53. The summed E-state index contributed by atoms with van der Waals surface area (Å²) >= 11 is 0. The van der Waals surface area contributed by atoms with E-state index in [0.29, 0.717) is 0 Å². The quantitative estimate of drug-likeness (QED) is 0.101. The Bertz CT molecular complexity index is 403. The molecule has 0 atom stereocenters. The van der Waals surface area contributed by atoms with Crippen LogP contribution in [0.25, 0.3) is 0 Å². The molecule has 0 rings (SSSR count). The highest BCUT2D eigenvalue weighted by Crippen LogP contribution is 1.98. The molecular formula is H48O28Si14. The van der Waals surface area contributed by atoms with Crippen LogP contribution in [0, 0.1) is 0 Å². The molecule has 28 nitrogen and oxygen atoms in total. The van der Waals surface area contributed by atoms with Crippen LogP contribution < -0.4 is 0 Å². The fourth-order valence-electron chi connectivity index (χ4n) is 0.735. The monoisotopic (exact) mass is 888 g/mol. The van der Waals surface area contributed by atoms with Crippen molar-refractivity contribution in [3.05, 3.63) is 0 Å². The van der Waals surface area contributed by atoms with E-state index in [0.717, 1.165) is 0 Å². The van der Waals surface area contributed by atoms with Crippen LogP contribution in [0.4, 0.5) is 0 Å². The van der Waals surface area contributed by atoms with Crippen LogP contribution in [-0.4, -0.2) is 253 Å². The third kappa shape index (κ3) is 104. The van der Waals surface area contributed by atoms with E-state index in [9.17, 15) is 0 Å². The molecule has 0 aromatic rings. The molecule has 0 heterocycles. The first kappa shape index (κ1) is 70.3. The van der Waals surface area contributed by atoms with Crippen molar-refractivity contribution < 1.29 is 132 Å². The van der Waals surface area contributed by atoms with Gasteiger partial charge >= 0.3 is 72.4 Å². The van der Waals surface area contributed by atoms with Gasteiger partial charge in [-0.2, -0.15) is 0 Å². The van der Waals surface area contributed by atoms with Crippen molar-refractivity contribution in [1.29, 1.82) is 0 Å². The fraction of sp³-hybridized carbons (Fsp3) is 0. The van der Waals surface area contributed by atoms with E-state index in [-0.39, 0.29) is 65.8 Å². The van der Waals surface area contributed by atoms with Gasteiger partial charge in [-0.05, 0) is 65.8 Å². The normalized spacial score (nSPS) is 12.0. The molecule has 0 unspecified atom stereocenters. The van der Waals surface area contributed by atoms with E-state index in [1.165, 1.54) is 0 Å². The zero-order valence-electron chi connectivity index (χ0n) is 16.4. The first-order chi connectivity index (χ1) is 14.8. The molecule has 0 spiro atoms. The van der Waals surface area contributed by atoms with Crippen molar-refractivity contribution in [3.63, 3.8) is 0 Å². The number of hydrogen-bond donors (Lipinski definition) is 24. The Morgan fingerprint density at radius 2 is 0.214 bits per heavy atom. The van der Waals surface area contributed by atoms with Crippen molar-refractivity contribution in [2.24, 2.45) is 0 Å². The van der Waals surface area contributed by atoms with Gasteiger partial charge in [0, 0.05) is 0 Å². The minimum atomic E-state index is -4.98. The summed E-state index contributed by atoms with van der Waals surface area (Å²) in [6, 6.07) is 0. The van der Waals surface area contributed by atoms with Crippen molar-refractivity contribution >= 4 is 138 Å². The zero-order valence-corrected chi connectivity index (χ0v) is 24.4. The standard InChI is InChI=1S/4H6O7Si2.6H4Si/c4*1-8(2,3)7-9(4,5)6;;;;;;/h4*1-6H;6*1H4. The van der Waals surface area contributed by atoms with Gasteiger partial charge in [0.25, 0.3) is 0 Å². The molecule has 0 saturated carbocycles. The Balaban J connectivity index is -0.0000000388. The first-order valence-electron chi connectivity index (χ1n) is 7.00. The predicted octanol–water partition coefficient (Wildman–Crippen LogP) is -25.4. The molecule has 0 radical (unpaired) electrons. The Morgan fingerprint density at radius 1 is 0.167 bits per heavy atom. The van der Waals surface area contributed by atoms with E-state index in [1.54, 1.807) is 0 Å². The highest BCUT2D eigenvalue weighted by molar-refractivity contribution is 6.65. The van der Waals surface area contributed by atoms with Gasteiger partial charge in [0.05, 0.1) is 0 Å². The molecule has 0 bridgehead atoms. The van der Waals surface area contributed by atoms with Crippen LogP contribution >= 0.6 is 0 Å². The lowest BCUT2D eigenvalue weighted by molar-refractivity contribution is 0.0369. The summed E-state index contributed by atoms with van der Waals surface area (Å²) in [5.41, 5.74) is 0. The summed E-state index contributed by atoms with van der Waals surface area (Å²) in [5.74, 6) is 0. The summed E-state index contributed by atoms with van der Waals surface area (Å²) in [7, 11) is -39.8. The molecule has 42 heteroatoms. The van der Waals surface area contributed by atoms with Gasteiger partial charge in [0.1, 0.15) is 0 Å². The zero-order chi connectivity index (χ0) is 30.8. The van der Waals surface area contributed by atoms with Gasteiger partial charge in [0.2, 0.25) is 0 Å². The summed E-state index contributed by atoms with van der Waals surface area (Å²) in [6.07, 6.45) is 0. The summed E-state index contributed by atoms with van der Waals surface area (Å²) in [5, 5.41) is 0. The molecule has 0 aromatic heterocycles. The number of rotatable bonds is 8. The Labute approximate surface area is 269 Å². The molecule has 0 aliphatic carbocycles. The molecule has 0 saturated heterocycles. The van der Waals surface area contributed by atoms with Gasteiger partial charge in [-0.3, -0.25) is 0 Å². The van der Waals surface area contributed by atoms with E-state index >= 15 is 0 Å². The van der Waals surface area contributed by atoms with Crippen LogP contribution in [0.3, 0.4) is 0 Å².